The zero-order valence-electron chi connectivity index (χ0n) is 16.6. The van der Waals surface area contributed by atoms with Crippen LogP contribution in [0.3, 0.4) is 0 Å². The molecule has 3 rings (SSSR count). The van der Waals surface area contributed by atoms with Gasteiger partial charge in [0, 0.05) is 11.6 Å². The van der Waals surface area contributed by atoms with Crippen LogP contribution >= 0.6 is 0 Å². The predicted molar refractivity (Wildman–Crippen MR) is 115 cm³/mol. The topological polar surface area (TPSA) is 79.2 Å². The highest BCUT2D eigenvalue weighted by molar-refractivity contribution is 5.95. The number of rotatable bonds is 7. The van der Waals surface area contributed by atoms with Gasteiger partial charge in [0.15, 0.2) is 6.10 Å². The number of nitrogens with one attached hydrogen (secondary N) is 1. The fourth-order valence-electron chi connectivity index (χ4n) is 3.17. The lowest BCUT2D eigenvalue weighted by molar-refractivity contribution is -0.153. The van der Waals surface area contributed by atoms with E-state index < -0.39 is 18.0 Å². The molecule has 3 aromatic carbocycles. The van der Waals surface area contributed by atoms with E-state index in [0.717, 1.165) is 11.1 Å². The molecule has 150 valence electrons. The minimum absolute atomic E-state index is 0.121. The van der Waals surface area contributed by atoms with Crippen molar-refractivity contribution >= 4 is 17.6 Å². The summed E-state index contributed by atoms with van der Waals surface area (Å²) >= 11 is 0. The lowest BCUT2D eigenvalue weighted by atomic mass is 9.88. The highest BCUT2D eigenvalue weighted by Crippen LogP contribution is 2.28. The number of amides is 1. The van der Waals surface area contributed by atoms with E-state index in [0.29, 0.717) is 11.3 Å². The number of esters is 1. The standard InChI is InChI=1S/C25H22N2O3/c1-18(25(29)27-22-14-8-9-19(15-22)17-26)30-24(28)16-23(20-10-4-2-5-11-20)21-12-6-3-7-13-21/h2-15,18,23H,16H2,1H3,(H,27,29)/t18-/m0/s1. The van der Waals surface area contributed by atoms with Crippen LogP contribution < -0.4 is 5.32 Å². The van der Waals surface area contributed by atoms with Crippen LogP contribution in [-0.4, -0.2) is 18.0 Å². The third-order valence-corrected chi connectivity index (χ3v) is 4.71. The first-order valence-electron chi connectivity index (χ1n) is 9.67. The van der Waals surface area contributed by atoms with Crippen molar-refractivity contribution in [1.29, 1.82) is 5.26 Å². The van der Waals surface area contributed by atoms with Gasteiger partial charge in [0.25, 0.3) is 5.91 Å². The number of hydrogen-bond acceptors (Lipinski definition) is 4. The average molecular weight is 398 g/mol. The lowest BCUT2D eigenvalue weighted by Gasteiger charge is -2.19. The molecule has 0 aromatic heterocycles. The molecule has 0 unspecified atom stereocenters. The molecule has 0 radical (unpaired) electrons. The molecule has 0 heterocycles. The summed E-state index contributed by atoms with van der Waals surface area (Å²) in [5.41, 5.74) is 2.93. The second-order valence-corrected chi connectivity index (χ2v) is 6.89. The molecular formula is C25H22N2O3. The first kappa shape index (κ1) is 20.8. The van der Waals surface area contributed by atoms with E-state index >= 15 is 0 Å². The normalized spacial score (nSPS) is 11.4. The van der Waals surface area contributed by atoms with Crippen molar-refractivity contribution in [3.05, 3.63) is 102 Å². The van der Waals surface area contributed by atoms with Gasteiger partial charge in [-0.3, -0.25) is 9.59 Å². The van der Waals surface area contributed by atoms with Gasteiger partial charge < -0.3 is 10.1 Å². The number of benzene rings is 3. The summed E-state index contributed by atoms with van der Waals surface area (Å²) in [6.07, 6.45) is -0.842. The van der Waals surface area contributed by atoms with Crippen LogP contribution in [0.4, 0.5) is 5.69 Å². The Morgan fingerprint density at radius 1 is 0.933 bits per heavy atom. The molecule has 0 spiro atoms. The van der Waals surface area contributed by atoms with Crippen LogP contribution in [0.25, 0.3) is 0 Å². The summed E-state index contributed by atoms with van der Waals surface area (Å²) in [5, 5.41) is 11.6. The number of hydrogen-bond donors (Lipinski definition) is 1. The van der Waals surface area contributed by atoms with Crippen molar-refractivity contribution in [2.45, 2.75) is 25.4 Å². The summed E-state index contributed by atoms with van der Waals surface area (Å²) in [6, 6.07) is 28.1. The van der Waals surface area contributed by atoms with Gasteiger partial charge in [0.1, 0.15) is 0 Å². The molecule has 0 saturated heterocycles. The Morgan fingerprint density at radius 2 is 1.53 bits per heavy atom. The minimum atomic E-state index is -0.963. The van der Waals surface area contributed by atoms with Crippen molar-refractivity contribution in [3.63, 3.8) is 0 Å². The maximum atomic E-state index is 12.6. The quantitative estimate of drug-likeness (QED) is 0.588. The average Bonchev–Trinajstić information content (AvgIpc) is 2.78. The van der Waals surface area contributed by atoms with Gasteiger partial charge in [0.05, 0.1) is 18.1 Å². The monoisotopic (exact) mass is 398 g/mol. The van der Waals surface area contributed by atoms with Gasteiger partial charge in [0.2, 0.25) is 0 Å². The van der Waals surface area contributed by atoms with E-state index in [1.807, 2.05) is 66.7 Å². The number of ether oxygens (including phenoxy) is 1. The summed E-state index contributed by atoms with van der Waals surface area (Å²) in [4.78, 5) is 25.0. The summed E-state index contributed by atoms with van der Waals surface area (Å²) in [7, 11) is 0. The van der Waals surface area contributed by atoms with Gasteiger partial charge in [-0.15, -0.1) is 0 Å². The van der Waals surface area contributed by atoms with Gasteiger partial charge in [-0.2, -0.15) is 5.26 Å². The van der Waals surface area contributed by atoms with E-state index in [1.54, 1.807) is 24.3 Å². The molecule has 1 amide bonds. The molecule has 0 bridgehead atoms. The van der Waals surface area contributed by atoms with E-state index in [2.05, 4.69) is 5.32 Å². The third-order valence-electron chi connectivity index (χ3n) is 4.71. The van der Waals surface area contributed by atoms with Gasteiger partial charge in [-0.1, -0.05) is 66.7 Å². The van der Waals surface area contributed by atoms with E-state index in [4.69, 9.17) is 10.00 Å². The largest absolute Gasteiger partial charge is 0.453 e. The second kappa shape index (κ2) is 10.0. The molecule has 0 aliphatic carbocycles. The summed E-state index contributed by atoms with van der Waals surface area (Å²) in [5.74, 6) is -1.07. The zero-order chi connectivity index (χ0) is 21.3. The number of nitrogens with zero attached hydrogens (tertiary/aromatic N) is 1. The Balaban J connectivity index is 1.66. The zero-order valence-corrected chi connectivity index (χ0v) is 16.6. The van der Waals surface area contributed by atoms with E-state index in [1.165, 1.54) is 6.92 Å². The molecule has 0 aliphatic rings. The van der Waals surface area contributed by atoms with Crippen molar-refractivity contribution in [3.8, 4) is 6.07 Å². The highest BCUT2D eigenvalue weighted by Gasteiger charge is 2.23. The first-order valence-corrected chi connectivity index (χ1v) is 9.67. The summed E-state index contributed by atoms with van der Waals surface area (Å²) in [6.45, 7) is 1.53. The van der Waals surface area contributed by atoms with Gasteiger partial charge in [-0.05, 0) is 36.2 Å². The Bertz CT molecular complexity index is 1000. The highest BCUT2D eigenvalue weighted by atomic mass is 16.5. The van der Waals surface area contributed by atoms with Crippen molar-refractivity contribution in [2.24, 2.45) is 0 Å². The molecule has 0 saturated carbocycles. The molecule has 3 aromatic rings. The van der Waals surface area contributed by atoms with Crippen LogP contribution in [-0.2, 0) is 14.3 Å². The Labute approximate surface area is 175 Å². The van der Waals surface area contributed by atoms with Crippen molar-refractivity contribution < 1.29 is 14.3 Å². The SMILES string of the molecule is C[C@H](OC(=O)CC(c1ccccc1)c1ccccc1)C(=O)Nc1cccc(C#N)c1. The number of nitriles is 1. The van der Waals surface area contributed by atoms with Crippen molar-refractivity contribution in [1.82, 2.24) is 0 Å². The fourth-order valence-corrected chi connectivity index (χ4v) is 3.17. The number of carbonyl (C=O) groups excluding carboxylic acids is 2. The molecule has 30 heavy (non-hydrogen) atoms. The first-order chi connectivity index (χ1) is 14.6. The fraction of sp³-hybridized carbons (Fsp3) is 0.160. The Kier molecular flexibility index (Phi) is 6.96. The van der Waals surface area contributed by atoms with E-state index in [-0.39, 0.29) is 12.3 Å². The van der Waals surface area contributed by atoms with Crippen molar-refractivity contribution in [2.75, 3.05) is 5.32 Å². The smallest absolute Gasteiger partial charge is 0.307 e. The summed E-state index contributed by atoms with van der Waals surface area (Å²) < 4.78 is 5.40. The molecular weight excluding hydrogens is 376 g/mol. The minimum Gasteiger partial charge on any atom is -0.453 e. The molecule has 5 nitrogen and oxygen atoms in total. The maximum absolute atomic E-state index is 12.6. The predicted octanol–water partition coefficient (Wildman–Crippen LogP) is 4.65. The lowest BCUT2D eigenvalue weighted by Crippen LogP contribution is -2.30. The Morgan fingerprint density at radius 3 is 2.10 bits per heavy atom. The van der Waals surface area contributed by atoms with Crippen LogP contribution in [0, 0.1) is 11.3 Å². The third kappa shape index (κ3) is 5.55. The van der Waals surface area contributed by atoms with Crippen LogP contribution in [0.1, 0.15) is 36.0 Å². The molecule has 0 aliphatic heterocycles. The van der Waals surface area contributed by atoms with Gasteiger partial charge >= 0.3 is 5.97 Å². The number of anilines is 1. The maximum Gasteiger partial charge on any atom is 0.307 e. The van der Waals surface area contributed by atoms with Crippen LogP contribution in [0.2, 0.25) is 0 Å². The van der Waals surface area contributed by atoms with E-state index in [9.17, 15) is 9.59 Å². The van der Waals surface area contributed by atoms with Crippen LogP contribution in [0.15, 0.2) is 84.9 Å². The molecule has 0 fully saturated rings. The number of carbonyl (C=O) groups is 2. The second-order valence-electron chi connectivity index (χ2n) is 6.89. The van der Waals surface area contributed by atoms with Gasteiger partial charge in [-0.25, -0.2) is 0 Å². The van der Waals surface area contributed by atoms with Crippen LogP contribution in [0.5, 0.6) is 0 Å². The molecule has 1 atom stereocenters. The molecule has 5 heteroatoms. The Hall–Kier alpha value is -3.91. The molecule has 1 N–H and O–H groups in total.